The summed E-state index contributed by atoms with van der Waals surface area (Å²) >= 11 is 12.3. The molecule has 0 spiro atoms. The molecule has 60 heavy (non-hydrogen) atoms. The van der Waals surface area contributed by atoms with Crippen LogP contribution in [-0.2, 0) is 30.7 Å². The maximum atomic E-state index is 5.51. The number of aryl methyl sites for hydroxylation is 6. The molecule has 1 atom stereocenters. The summed E-state index contributed by atoms with van der Waals surface area (Å²) in [5.41, 5.74) is 20.4. The van der Waals surface area contributed by atoms with E-state index in [-0.39, 0.29) is 24.8 Å². The number of fused-ring (bicyclic) bond motifs is 3. The van der Waals surface area contributed by atoms with Gasteiger partial charge in [-0.05, 0) is 75.8 Å². The van der Waals surface area contributed by atoms with Gasteiger partial charge in [-0.1, -0.05) is 137 Å². The van der Waals surface area contributed by atoms with Crippen molar-refractivity contribution in [3.63, 3.8) is 0 Å². The van der Waals surface area contributed by atoms with Gasteiger partial charge in [0.15, 0.2) is 0 Å². The normalized spacial score (nSPS) is 12.7. The van der Waals surface area contributed by atoms with Crippen molar-refractivity contribution < 1.29 is 24.2 Å². The zero-order chi connectivity index (χ0) is 42.6. The maximum absolute atomic E-state index is 5.51. The molecule has 0 fully saturated rings. The van der Waals surface area contributed by atoms with Crippen LogP contribution in [0.1, 0.15) is 78.6 Å². The SMILES string of the molecule is CCC1[C-]=CC(C(C)(C)C)=C1.Cc1cc(C)c(-c2[c-]c3c(cc2)-c2ccc(-c4c(C)cc(C)cc4C)cc2C3)c(C)c1.Cl.Cl.Clc1c[c-]ccc1.Clc1c[c-]ccc1.[CH2]=[Zr]. The van der Waals surface area contributed by atoms with Crippen LogP contribution in [0.15, 0.2) is 121 Å². The first-order chi connectivity index (χ1) is 27.6. The Morgan fingerprint density at radius 1 is 0.683 bits per heavy atom. The summed E-state index contributed by atoms with van der Waals surface area (Å²) in [4.78, 5) is 0. The molecule has 0 aliphatic heterocycles. The quantitative estimate of drug-likeness (QED) is 0.155. The molecule has 6 aromatic rings. The molecule has 0 nitrogen and oxygen atoms in total. The summed E-state index contributed by atoms with van der Waals surface area (Å²) in [5.74, 6) is 0.573. The Morgan fingerprint density at radius 2 is 1.18 bits per heavy atom. The molecule has 0 saturated carbocycles. The van der Waals surface area contributed by atoms with Crippen molar-refractivity contribution in [3.8, 4) is 33.4 Å². The van der Waals surface area contributed by atoms with E-state index >= 15 is 0 Å². The van der Waals surface area contributed by atoms with Crippen LogP contribution >= 0.6 is 48.0 Å². The van der Waals surface area contributed by atoms with Crippen LogP contribution in [0, 0.1) is 77.2 Å². The van der Waals surface area contributed by atoms with E-state index in [4.69, 9.17) is 23.2 Å². The number of hydrogen-bond acceptors (Lipinski definition) is 0. The van der Waals surface area contributed by atoms with Crippen LogP contribution in [0.3, 0.4) is 0 Å². The first kappa shape index (κ1) is 52.9. The molecule has 6 aromatic carbocycles. The number of hydrogen-bond donors (Lipinski definition) is 0. The third kappa shape index (κ3) is 14.7. The van der Waals surface area contributed by atoms with Gasteiger partial charge in [0.2, 0.25) is 0 Å². The summed E-state index contributed by atoms with van der Waals surface area (Å²) in [6.45, 7) is 22.2. The summed E-state index contributed by atoms with van der Waals surface area (Å²) in [7, 11) is 0. The molecule has 5 heteroatoms. The number of benzene rings is 6. The van der Waals surface area contributed by atoms with E-state index in [1.807, 2.05) is 36.4 Å². The zero-order valence-corrected chi connectivity index (χ0v) is 42.3. The van der Waals surface area contributed by atoms with Gasteiger partial charge in [0.25, 0.3) is 0 Å². The minimum absolute atomic E-state index is 0. The van der Waals surface area contributed by atoms with Gasteiger partial charge >= 0.3 is 28.4 Å². The van der Waals surface area contributed by atoms with Crippen molar-refractivity contribution in [2.45, 2.75) is 82.1 Å². The predicted octanol–water partition coefficient (Wildman–Crippen LogP) is 16.7. The summed E-state index contributed by atoms with van der Waals surface area (Å²) in [5, 5.41) is 1.48. The zero-order valence-electron chi connectivity index (χ0n) is 36.7. The predicted molar refractivity (Wildman–Crippen MR) is 264 cm³/mol. The molecule has 2 aliphatic rings. The second-order valence-electron chi connectivity index (χ2n) is 16.0. The Kier molecular flexibility index (Phi) is 22.0. The molecule has 0 heterocycles. The van der Waals surface area contributed by atoms with Gasteiger partial charge in [0, 0.05) is 0 Å². The van der Waals surface area contributed by atoms with Gasteiger partial charge in [-0.15, -0.1) is 54.1 Å². The third-order valence-electron chi connectivity index (χ3n) is 10.2. The average Bonchev–Trinajstić information content (AvgIpc) is 3.82. The first-order valence-electron chi connectivity index (χ1n) is 19.9. The van der Waals surface area contributed by atoms with Crippen molar-refractivity contribution >= 4 is 52.2 Å². The molecule has 1 unspecified atom stereocenters. The number of allylic oxidation sites excluding steroid dienone is 4. The van der Waals surface area contributed by atoms with E-state index in [0.29, 0.717) is 11.3 Å². The van der Waals surface area contributed by atoms with Gasteiger partial charge in [-0.25, -0.2) is 6.08 Å². The van der Waals surface area contributed by atoms with Crippen molar-refractivity contribution in [1.82, 2.24) is 0 Å². The summed E-state index contributed by atoms with van der Waals surface area (Å²) < 4.78 is 3.34. The van der Waals surface area contributed by atoms with Gasteiger partial charge in [0.05, 0.1) is 0 Å². The fourth-order valence-corrected chi connectivity index (χ4v) is 7.89. The Balaban J connectivity index is 0.000000348. The third-order valence-corrected chi connectivity index (χ3v) is 10.6. The number of halogens is 4. The molecule has 2 aliphatic carbocycles. The molecule has 0 bridgehead atoms. The van der Waals surface area contributed by atoms with Crippen LogP contribution in [0.5, 0.6) is 0 Å². The van der Waals surface area contributed by atoms with Gasteiger partial charge in [-0.2, -0.15) is 95.5 Å². The van der Waals surface area contributed by atoms with Crippen LogP contribution in [0.2, 0.25) is 10.0 Å². The molecule has 0 amide bonds. The summed E-state index contributed by atoms with van der Waals surface area (Å²) in [6.07, 6.45) is 9.96. The summed E-state index contributed by atoms with van der Waals surface area (Å²) in [6, 6.07) is 44.5. The Hall–Kier alpha value is -3.29. The topological polar surface area (TPSA) is 0 Å². The average molecular weight is 952 g/mol. The van der Waals surface area contributed by atoms with E-state index in [1.54, 1.807) is 12.1 Å². The second-order valence-corrected chi connectivity index (χ2v) is 16.9. The molecule has 0 radical (unpaired) electrons. The fraction of sp³-hybridized carbons (Fsp3) is 0.255. The fourth-order valence-electron chi connectivity index (χ4n) is 7.62. The first-order valence-corrected chi connectivity index (χ1v) is 22.4. The molecular formula is C55H58Cl4Zr-4. The Morgan fingerprint density at radius 3 is 1.58 bits per heavy atom. The minimum atomic E-state index is 0. The van der Waals surface area contributed by atoms with Crippen LogP contribution in [0.4, 0.5) is 0 Å². The van der Waals surface area contributed by atoms with Gasteiger partial charge in [-0.3, -0.25) is 6.08 Å². The van der Waals surface area contributed by atoms with Crippen molar-refractivity contribution in [2.24, 2.45) is 11.3 Å². The van der Waals surface area contributed by atoms with Crippen LogP contribution in [-0.4, -0.2) is 4.21 Å². The molecule has 0 aromatic heterocycles. The van der Waals surface area contributed by atoms with E-state index in [1.165, 1.54) is 114 Å². The van der Waals surface area contributed by atoms with E-state index in [9.17, 15) is 0 Å². The van der Waals surface area contributed by atoms with Crippen molar-refractivity contribution in [2.75, 3.05) is 0 Å². The monoisotopic (exact) mass is 948 g/mol. The Labute approximate surface area is 399 Å². The van der Waals surface area contributed by atoms with Gasteiger partial charge in [0.1, 0.15) is 0 Å². The second kappa shape index (κ2) is 25.0. The van der Waals surface area contributed by atoms with E-state index < -0.39 is 0 Å². The standard InChI is InChI=1S/C31H29.C11H17.2C6H4Cl.CH2.2ClH.Zr/c1-18-11-20(3)30(21(4)12-18)24-7-9-28-26(15-24)17-27-16-25(8-10-29(27)28)31-22(5)13-19(2)14-23(31)6;1-5-9-6-7-10(8-9)11(2,3)4;2*7-6-4-2-1-3-5-6;;;;/h7-15H,17H2,1-6H3;7-9H,5H2,1-4H3;2*1-2,4-5H;1H2;2*1H;/q4*-1;;;;. The van der Waals surface area contributed by atoms with Crippen LogP contribution < -0.4 is 0 Å². The van der Waals surface area contributed by atoms with E-state index in [0.717, 1.165) is 16.5 Å². The molecule has 314 valence electrons. The van der Waals surface area contributed by atoms with Crippen molar-refractivity contribution in [3.05, 3.63) is 200 Å². The van der Waals surface area contributed by atoms with E-state index in [2.05, 4.69) is 164 Å². The molecule has 0 N–H and O–H groups in total. The van der Waals surface area contributed by atoms with Gasteiger partial charge < -0.3 is 0 Å². The van der Waals surface area contributed by atoms with Crippen molar-refractivity contribution in [1.29, 1.82) is 0 Å². The Bertz CT molecular complexity index is 2160. The molecule has 0 saturated heterocycles. The molecular weight excluding hydrogens is 894 g/mol. The van der Waals surface area contributed by atoms with Crippen LogP contribution in [0.25, 0.3) is 33.4 Å². The molecule has 8 rings (SSSR count). The number of rotatable bonds is 3.